The lowest BCUT2D eigenvalue weighted by molar-refractivity contribution is -0.00981. The molecule has 1 aromatic carbocycles. The molecule has 2 nitrogen and oxygen atoms in total. The summed E-state index contributed by atoms with van der Waals surface area (Å²) in [7, 11) is 0. The first-order valence-corrected chi connectivity index (χ1v) is 5.72. The Labute approximate surface area is 98.1 Å². The van der Waals surface area contributed by atoms with Crippen molar-refractivity contribution in [1.82, 2.24) is 0 Å². The number of aliphatic hydroxyl groups is 2. The van der Waals surface area contributed by atoms with Crippen molar-refractivity contribution in [1.29, 1.82) is 0 Å². The molecule has 1 aromatic rings. The van der Waals surface area contributed by atoms with Crippen molar-refractivity contribution in [2.24, 2.45) is 5.92 Å². The fourth-order valence-corrected chi connectivity index (χ4v) is 1.97. The van der Waals surface area contributed by atoms with Gasteiger partial charge in [0.25, 0.3) is 0 Å². The maximum atomic E-state index is 9.89. The van der Waals surface area contributed by atoms with Crippen molar-refractivity contribution in [2.75, 3.05) is 0 Å². The molecule has 2 atom stereocenters. The largest absolute Gasteiger partial charge is 0.390 e. The first-order valence-electron chi connectivity index (χ1n) is 4.64. The summed E-state index contributed by atoms with van der Waals surface area (Å²) in [6, 6.07) is 7.55. The minimum absolute atomic E-state index is 0.0565. The molecule has 0 spiro atoms. The standard InChI is InChI=1S/C11H15IO2/c1-7(2)10(13)11(14)8-5-3-4-6-9(8)12/h3-7,10-11,13-14H,1-2H3. The van der Waals surface area contributed by atoms with E-state index in [1.165, 1.54) is 0 Å². The van der Waals surface area contributed by atoms with Gasteiger partial charge < -0.3 is 10.2 Å². The molecule has 0 heterocycles. The monoisotopic (exact) mass is 306 g/mol. The third-order valence-electron chi connectivity index (χ3n) is 2.23. The van der Waals surface area contributed by atoms with Gasteiger partial charge in [-0.25, -0.2) is 0 Å². The van der Waals surface area contributed by atoms with Crippen LogP contribution in [0.4, 0.5) is 0 Å². The average molecular weight is 306 g/mol. The molecule has 0 aromatic heterocycles. The van der Waals surface area contributed by atoms with Crippen LogP contribution in [0.25, 0.3) is 0 Å². The molecule has 0 saturated heterocycles. The van der Waals surface area contributed by atoms with Gasteiger partial charge in [0.15, 0.2) is 0 Å². The van der Waals surface area contributed by atoms with Gasteiger partial charge in [-0.2, -0.15) is 0 Å². The smallest absolute Gasteiger partial charge is 0.106 e. The molecule has 78 valence electrons. The van der Waals surface area contributed by atoms with Crippen molar-refractivity contribution < 1.29 is 10.2 Å². The molecule has 0 aliphatic carbocycles. The third kappa shape index (κ3) is 2.68. The molecule has 3 heteroatoms. The minimum Gasteiger partial charge on any atom is -0.390 e. The summed E-state index contributed by atoms with van der Waals surface area (Å²) in [5.41, 5.74) is 0.800. The SMILES string of the molecule is CC(C)C(O)C(O)c1ccccc1I. The van der Waals surface area contributed by atoms with Crippen LogP contribution in [0.1, 0.15) is 25.5 Å². The van der Waals surface area contributed by atoms with Gasteiger partial charge in [0.1, 0.15) is 6.10 Å². The Balaban J connectivity index is 2.89. The topological polar surface area (TPSA) is 40.5 Å². The zero-order valence-electron chi connectivity index (χ0n) is 8.31. The van der Waals surface area contributed by atoms with Crippen LogP contribution in [0.15, 0.2) is 24.3 Å². The Morgan fingerprint density at radius 2 is 1.71 bits per heavy atom. The Morgan fingerprint density at radius 3 is 2.21 bits per heavy atom. The van der Waals surface area contributed by atoms with E-state index in [1.807, 2.05) is 38.1 Å². The average Bonchev–Trinajstić information content (AvgIpc) is 2.16. The third-order valence-corrected chi connectivity index (χ3v) is 3.21. The number of aliphatic hydroxyl groups excluding tert-OH is 2. The van der Waals surface area contributed by atoms with E-state index in [2.05, 4.69) is 22.6 Å². The summed E-state index contributed by atoms with van der Waals surface area (Å²) in [5, 5.41) is 19.6. The summed E-state index contributed by atoms with van der Waals surface area (Å²) in [5.74, 6) is 0.0565. The highest BCUT2D eigenvalue weighted by molar-refractivity contribution is 14.1. The van der Waals surface area contributed by atoms with E-state index in [9.17, 15) is 10.2 Å². The van der Waals surface area contributed by atoms with Crippen LogP contribution in [0.3, 0.4) is 0 Å². The van der Waals surface area contributed by atoms with E-state index >= 15 is 0 Å². The lowest BCUT2D eigenvalue weighted by Gasteiger charge is -2.22. The zero-order valence-corrected chi connectivity index (χ0v) is 10.5. The summed E-state index contributed by atoms with van der Waals surface area (Å²) in [6.45, 7) is 3.79. The molecule has 0 amide bonds. The van der Waals surface area contributed by atoms with Crippen molar-refractivity contribution in [2.45, 2.75) is 26.1 Å². The maximum Gasteiger partial charge on any atom is 0.106 e. The molecule has 1 rings (SSSR count). The van der Waals surface area contributed by atoms with E-state index in [-0.39, 0.29) is 5.92 Å². The lowest BCUT2D eigenvalue weighted by atomic mass is 9.96. The van der Waals surface area contributed by atoms with Gasteiger partial charge in [-0.15, -0.1) is 0 Å². The molecule has 2 N–H and O–H groups in total. The fraction of sp³-hybridized carbons (Fsp3) is 0.455. The molecular formula is C11H15IO2. The molecule has 0 aliphatic rings. The second kappa shape index (κ2) is 5.09. The van der Waals surface area contributed by atoms with E-state index in [4.69, 9.17) is 0 Å². The first-order chi connectivity index (χ1) is 6.54. The minimum atomic E-state index is -0.789. The molecule has 0 bridgehead atoms. The molecule has 0 aliphatic heterocycles. The fourth-order valence-electron chi connectivity index (χ4n) is 1.26. The molecule has 2 unspecified atom stereocenters. The van der Waals surface area contributed by atoms with Gasteiger partial charge in [0, 0.05) is 3.57 Å². The molecule has 0 saturated carbocycles. The van der Waals surface area contributed by atoms with Crippen LogP contribution >= 0.6 is 22.6 Å². The van der Waals surface area contributed by atoms with Crippen LogP contribution in [0, 0.1) is 9.49 Å². The number of benzene rings is 1. The van der Waals surface area contributed by atoms with Gasteiger partial charge in [-0.3, -0.25) is 0 Å². The predicted molar refractivity (Wildman–Crippen MR) is 65.0 cm³/mol. The molecule has 0 fully saturated rings. The number of halogens is 1. The van der Waals surface area contributed by atoms with Crippen LogP contribution < -0.4 is 0 Å². The highest BCUT2D eigenvalue weighted by Gasteiger charge is 2.22. The Kier molecular flexibility index (Phi) is 4.34. The number of hydrogen-bond donors (Lipinski definition) is 2. The second-order valence-electron chi connectivity index (χ2n) is 3.70. The molecule has 14 heavy (non-hydrogen) atoms. The van der Waals surface area contributed by atoms with Gasteiger partial charge in [0.05, 0.1) is 6.10 Å². The number of hydrogen-bond acceptors (Lipinski definition) is 2. The highest BCUT2D eigenvalue weighted by Crippen LogP contribution is 2.25. The van der Waals surface area contributed by atoms with E-state index in [0.29, 0.717) is 0 Å². The van der Waals surface area contributed by atoms with Gasteiger partial charge in [-0.05, 0) is 40.1 Å². The summed E-state index contributed by atoms with van der Waals surface area (Å²) < 4.78 is 0.984. The Hall–Kier alpha value is -0.130. The molecule has 0 radical (unpaired) electrons. The van der Waals surface area contributed by atoms with Crippen LogP contribution in [0.5, 0.6) is 0 Å². The van der Waals surface area contributed by atoms with E-state index in [0.717, 1.165) is 9.13 Å². The van der Waals surface area contributed by atoms with Gasteiger partial charge >= 0.3 is 0 Å². The van der Waals surface area contributed by atoms with Crippen LogP contribution in [-0.4, -0.2) is 16.3 Å². The summed E-state index contributed by atoms with van der Waals surface area (Å²) in [6.07, 6.45) is -1.49. The molecular weight excluding hydrogens is 291 g/mol. The maximum absolute atomic E-state index is 9.89. The first kappa shape index (κ1) is 11.9. The van der Waals surface area contributed by atoms with Crippen molar-refractivity contribution in [3.8, 4) is 0 Å². The predicted octanol–water partition coefficient (Wildman–Crippen LogP) is 2.34. The Bertz CT molecular complexity index is 299. The Morgan fingerprint density at radius 1 is 1.14 bits per heavy atom. The van der Waals surface area contributed by atoms with E-state index < -0.39 is 12.2 Å². The van der Waals surface area contributed by atoms with Crippen molar-refractivity contribution in [3.63, 3.8) is 0 Å². The second-order valence-corrected chi connectivity index (χ2v) is 4.86. The van der Waals surface area contributed by atoms with Crippen molar-refractivity contribution in [3.05, 3.63) is 33.4 Å². The van der Waals surface area contributed by atoms with Crippen molar-refractivity contribution >= 4 is 22.6 Å². The highest BCUT2D eigenvalue weighted by atomic mass is 127. The summed E-state index contributed by atoms with van der Waals surface area (Å²) in [4.78, 5) is 0. The quantitative estimate of drug-likeness (QED) is 0.842. The summed E-state index contributed by atoms with van der Waals surface area (Å²) >= 11 is 2.16. The number of rotatable bonds is 3. The van der Waals surface area contributed by atoms with Gasteiger partial charge in [-0.1, -0.05) is 32.0 Å². The van der Waals surface area contributed by atoms with Gasteiger partial charge in [0.2, 0.25) is 0 Å². The zero-order chi connectivity index (χ0) is 10.7. The normalized spacial score (nSPS) is 15.6. The lowest BCUT2D eigenvalue weighted by Crippen LogP contribution is -2.24. The van der Waals surface area contributed by atoms with Crippen LogP contribution in [-0.2, 0) is 0 Å². The van der Waals surface area contributed by atoms with E-state index in [1.54, 1.807) is 0 Å². The van der Waals surface area contributed by atoms with Crippen LogP contribution in [0.2, 0.25) is 0 Å².